The van der Waals surface area contributed by atoms with E-state index in [-0.39, 0.29) is 30.1 Å². The highest BCUT2D eigenvalue weighted by atomic mass is 19.4. The molecule has 182 valence electrons. The van der Waals surface area contributed by atoms with Gasteiger partial charge in [-0.05, 0) is 53.8 Å². The number of benzene rings is 3. The number of anilines is 2. The average molecular weight is 481 g/mol. The number of alkyl halides is 3. The average Bonchev–Trinajstić information content (AvgIpc) is 2.83. The highest BCUT2D eigenvalue weighted by Gasteiger charge is 2.38. The number of halogens is 3. The molecule has 0 bridgehead atoms. The van der Waals surface area contributed by atoms with Gasteiger partial charge in [0.2, 0.25) is 11.8 Å². The van der Waals surface area contributed by atoms with E-state index in [9.17, 15) is 22.8 Å². The first-order valence-electron chi connectivity index (χ1n) is 11.5. The molecule has 4 nitrogen and oxygen atoms in total. The number of fused-ring (bicyclic) bond motifs is 1. The van der Waals surface area contributed by atoms with Crippen LogP contribution in [-0.4, -0.2) is 18.4 Å². The van der Waals surface area contributed by atoms with Crippen LogP contribution in [0.4, 0.5) is 24.5 Å². The number of hydrogen-bond acceptors (Lipinski definition) is 2. The molecule has 3 aromatic carbocycles. The molecule has 0 fully saturated rings. The van der Waals surface area contributed by atoms with Crippen molar-refractivity contribution in [2.45, 2.75) is 44.7 Å². The quantitative estimate of drug-likeness (QED) is 0.463. The van der Waals surface area contributed by atoms with Crippen molar-refractivity contribution < 1.29 is 22.8 Å². The number of nitrogens with zero attached hydrogens (tertiary/aromatic N) is 1. The minimum absolute atomic E-state index is 0.0424. The van der Waals surface area contributed by atoms with E-state index in [4.69, 9.17) is 0 Å². The van der Waals surface area contributed by atoms with Crippen molar-refractivity contribution >= 4 is 23.2 Å². The van der Waals surface area contributed by atoms with Crippen molar-refractivity contribution in [3.8, 4) is 0 Å². The Balaban J connectivity index is 1.55. The van der Waals surface area contributed by atoms with Gasteiger partial charge in [-0.15, -0.1) is 0 Å². The maximum atomic E-state index is 13.0. The molecule has 0 aromatic heterocycles. The first-order valence-corrected chi connectivity index (χ1v) is 11.5. The van der Waals surface area contributed by atoms with Crippen LogP contribution in [0.15, 0.2) is 72.8 Å². The summed E-state index contributed by atoms with van der Waals surface area (Å²) in [5.74, 6) is -0.331. The Morgan fingerprint density at radius 2 is 1.74 bits per heavy atom. The molecule has 4 rings (SSSR count). The van der Waals surface area contributed by atoms with Crippen LogP contribution in [0.25, 0.3) is 0 Å². The van der Waals surface area contributed by atoms with Gasteiger partial charge in [0, 0.05) is 36.7 Å². The van der Waals surface area contributed by atoms with Crippen LogP contribution in [0.3, 0.4) is 0 Å². The molecular weight excluding hydrogens is 453 g/mol. The van der Waals surface area contributed by atoms with Gasteiger partial charge in [-0.25, -0.2) is 0 Å². The van der Waals surface area contributed by atoms with Gasteiger partial charge >= 0.3 is 6.18 Å². The summed E-state index contributed by atoms with van der Waals surface area (Å²) in [4.78, 5) is 26.7. The molecule has 1 heterocycles. The van der Waals surface area contributed by atoms with Crippen LogP contribution in [0.1, 0.15) is 48.9 Å². The molecule has 1 aliphatic rings. The van der Waals surface area contributed by atoms with Crippen molar-refractivity contribution in [1.82, 2.24) is 0 Å². The molecule has 7 heteroatoms. The molecule has 0 spiro atoms. The van der Waals surface area contributed by atoms with Gasteiger partial charge in [0.05, 0.1) is 5.56 Å². The standard InChI is InChI=1S/C28H27F3N2O2/c1-19(34)33-16-15-27(2,21-8-4-3-5-9-21)24-18-23(12-13-25(24)33)32-26(35)14-11-20-7-6-10-22(17-20)28(29,30)31/h3-10,12-13,17-18H,11,14-16H2,1-2H3,(H,32,35)/t27-/m0/s1. The number of aryl methyl sites for hydroxylation is 1. The summed E-state index contributed by atoms with van der Waals surface area (Å²) in [5.41, 5.74) is 2.86. The second-order valence-corrected chi connectivity index (χ2v) is 9.10. The summed E-state index contributed by atoms with van der Waals surface area (Å²) in [6, 6.07) is 20.6. The van der Waals surface area contributed by atoms with Crippen molar-refractivity contribution in [3.63, 3.8) is 0 Å². The van der Waals surface area contributed by atoms with Crippen LogP contribution in [-0.2, 0) is 27.6 Å². The summed E-state index contributed by atoms with van der Waals surface area (Å²) in [5, 5.41) is 2.88. The zero-order valence-corrected chi connectivity index (χ0v) is 19.7. The van der Waals surface area contributed by atoms with Gasteiger partial charge in [0.1, 0.15) is 0 Å². The lowest BCUT2D eigenvalue weighted by Crippen LogP contribution is -2.41. The molecule has 1 N–H and O–H groups in total. The van der Waals surface area contributed by atoms with Gasteiger partial charge in [-0.1, -0.05) is 55.5 Å². The second-order valence-electron chi connectivity index (χ2n) is 9.10. The zero-order valence-electron chi connectivity index (χ0n) is 19.7. The fraction of sp³-hybridized carbons (Fsp3) is 0.286. The Hall–Kier alpha value is -3.61. The Labute approximate surface area is 202 Å². The summed E-state index contributed by atoms with van der Waals surface area (Å²) in [7, 11) is 0. The normalized spacial score (nSPS) is 17.6. The SMILES string of the molecule is CC(=O)N1CC[C@@](C)(c2ccccc2)c2cc(NC(=O)CCc3cccc(C(F)(F)F)c3)ccc21. The first-order chi connectivity index (χ1) is 16.6. The van der Waals surface area contributed by atoms with Crippen molar-refractivity contribution in [3.05, 3.63) is 95.1 Å². The largest absolute Gasteiger partial charge is 0.416 e. The maximum absolute atomic E-state index is 13.0. The van der Waals surface area contributed by atoms with E-state index in [1.54, 1.807) is 24.0 Å². The van der Waals surface area contributed by atoms with Crippen LogP contribution in [0, 0.1) is 0 Å². The van der Waals surface area contributed by atoms with Crippen LogP contribution in [0.5, 0.6) is 0 Å². The molecule has 0 aliphatic carbocycles. The van der Waals surface area contributed by atoms with E-state index in [0.29, 0.717) is 17.8 Å². The van der Waals surface area contributed by atoms with Gasteiger partial charge in [-0.2, -0.15) is 13.2 Å². The van der Waals surface area contributed by atoms with Crippen molar-refractivity contribution in [1.29, 1.82) is 0 Å². The second kappa shape index (κ2) is 9.56. The Morgan fingerprint density at radius 3 is 2.43 bits per heavy atom. The number of carbonyl (C=O) groups is 2. The highest BCUT2D eigenvalue weighted by molar-refractivity contribution is 5.95. The van der Waals surface area contributed by atoms with E-state index >= 15 is 0 Å². The number of amides is 2. The number of hydrogen-bond donors (Lipinski definition) is 1. The molecule has 2 amide bonds. The fourth-order valence-corrected chi connectivity index (χ4v) is 4.70. The third-order valence-electron chi connectivity index (χ3n) is 6.69. The minimum atomic E-state index is -4.42. The van der Waals surface area contributed by atoms with Crippen molar-refractivity contribution in [2.75, 3.05) is 16.8 Å². The summed E-state index contributed by atoms with van der Waals surface area (Å²) < 4.78 is 38.9. The zero-order chi connectivity index (χ0) is 25.2. The van der Waals surface area contributed by atoms with E-state index in [1.165, 1.54) is 6.07 Å². The van der Waals surface area contributed by atoms with E-state index in [0.717, 1.165) is 35.4 Å². The predicted octanol–water partition coefficient (Wildman–Crippen LogP) is 6.34. The third-order valence-corrected chi connectivity index (χ3v) is 6.69. The molecule has 0 unspecified atom stereocenters. The predicted molar refractivity (Wildman–Crippen MR) is 130 cm³/mol. The molecule has 35 heavy (non-hydrogen) atoms. The molecule has 1 aliphatic heterocycles. The third kappa shape index (κ3) is 5.24. The first kappa shape index (κ1) is 24.5. The Bertz CT molecular complexity index is 1240. The lowest BCUT2D eigenvalue weighted by molar-refractivity contribution is -0.137. The Kier molecular flexibility index (Phi) is 6.70. The number of carbonyl (C=O) groups excluding carboxylic acids is 2. The van der Waals surface area contributed by atoms with Gasteiger partial charge < -0.3 is 10.2 Å². The van der Waals surface area contributed by atoms with E-state index in [1.807, 2.05) is 30.3 Å². The van der Waals surface area contributed by atoms with Gasteiger partial charge in [-0.3, -0.25) is 9.59 Å². The van der Waals surface area contributed by atoms with Crippen LogP contribution >= 0.6 is 0 Å². The minimum Gasteiger partial charge on any atom is -0.326 e. The van der Waals surface area contributed by atoms with E-state index < -0.39 is 11.7 Å². The molecular formula is C28H27F3N2O2. The van der Waals surface area contributed by atoms with Crippen molar-refractivity contribution in [2.24, 2.45) is 0 Å². The monoisotopic (exact) mass is 480 g/mol. The highest BCUT2D eigenvalue weighted by Crippen LogP contribution is 2.45. The van der Waals surface area contributed by atoms with Crippen LogP contribution in [0.2, 0.25) is 0 Å². The smallest absolute Gasteiger partial charge is 0.326 e. The molecule has 0 saturated heterocycles. The Morgan fingerprint density at radius 1 is 1.00 bits per heavy atom. The maximum Gasteiger partial charge on any atom is 0.416 e. The number of nitrogens with one attached hydrogen (secondary N) is 1. The van der Waals surface area contributed by atoms with Gasteiger partial charge in [0.25, 0.3) is 0 Å². The number of rotatable bonds is 5. The molecule has 0 saturated carbocycles. The topological polar surface area (TPSA) is 49.4 Å². The van der Waals surface area contributed by atoms with E-state index in [2.05, 4.69) is 24.4 Å². The summed E-state index contributed by atoms with van der Waals surface area (Å²) in [6.07, 6.45) is -3.44. The summed E-state index contributed by atoms with van der Waals surface area (Å²) >= 11 is 0. The molecule has 0 radical (unpaired) electrons. The molecule has 3 aromatic rings. The van der Waals surface area contributed by atoms with Gasteiger partial charge in [0.15, 0.2) is 0 Å². The lowest BCUT2D eigenvalue weighted by atomic mass is 9.71. The fourth-order valence-electron chi connectivity index (χ4n) is 4.70. The lowest BCUT2D eigenvalue weighted by Gasteiger charge is -2.41. The summed E-state index contributed by atoms with van der Waals surface area (Å²) in [6.45, 7) is 4.27. The van der Waals surface area contributed by atoms with Crippen LogP contribution < -0.4 is 10.2 Å². The molecule has 1 atom stereocenters.